The zero-order chi connectivity index (χ0) is 8.65. The first-order valence-corrected chi connectivity index (χ1v) is 2.59. The number of nitrogens with two attached hydrogens (primary N) is 2. The van der Waals surface area contributed by atoms with E-state index < -0.39 is 17.7 Å². The van der Waals surface area contributed by atoms with E-state index in [0.717, 1.165) is 0 Å². The summed E-state index contributed by atoms with van der Waals surface area (Å²) in [6.07, 6.45) is -4.54. The van der Waals surface area contributed by atoms with Gasteiger partial charge in [-0.05, 0) is 0 Å². The van der Waals surface area contributed by atoms with Crippen molar-refractivity contribution < 1.29 is 13.2 Å². The van der Waals surface area contributed by atoms with Gasteiger partial charge in [-0.2, -0.15) is 13.2 Å². The molecular formula is C4H5F3N4. The van der Waals surface area contributed by atoms with Crippen LogP contribution in [0.5, 0.6) is 0 Å². The van der Waals surface area contributed by atoms with E-state index in [2.05, 4.69) is 4.98 Å². The van der Waals surface area contributed by atoms with Crippen LogP contribution in [-0.2, 0) is 6.18 Å². The van der Waals surface area contributed by atoms with Crippen LogP contribution in [0.15, 0.2) is 0 Å². The molecule has 0 radical (unpaired) electrons. The highest BCUT2D eigenvalue weighted by molar-refractivity contribution is 5.43. The van der Waals surface area contributed by atoms with E-state index in [9.17, 15) is 13.2 Å². The van der Waals surface area contributed by atoms with Crippen LogP contribution in [0.4, 0.5) is 24.9 Å². The Bertz CT molecular complexity index is 263. The Morgan fingerprint density at radius 3 is 2.00 bits per heavy atom. The smallest absolute Gasteiger partial charge is 0.383 e. The van der Waals surface area contributed by atoms with Crippen LogP contribution in [0.3, 0.4) is 0 Å². The summed E-state index contributed by atoms with van der Waals surface area (Å²) >= 11 is 0. The molecule has 1 aromatic rings. The van der Waals surface area contributed by atoms with Crippen molar-refractivity contribution in [3.63, 3.8) is 0 Å². The molecule has 0 saturated carbocycles. The first-order chi connectivity index (χ1) is 4.91. The van der Waals surface area contributed by atoms with E-state index in [4.69, 9.17) is 11.5 Å². The van der Waals surface area contributed by atoms with Crippen LogP contribution in [-0.4, -0.2) is 9.97 Å². The van der Waals surface area contributed by atoms with Crippen molar-refractivity contribution in [1.29, 1.82) is 0 Å². The van der Waals surface area contributed by atoms with Gasteiger partial charge in [-0.1, -0.05) is 0 Å². The third kappa shape index (κ3) is 1.36. The van der Waals surface area contributed by atoms with Gasteiger partial charge in [-0.3, -0.25) is 0 Å². The molecule has 0 fully saturated rings. The fraction of sp³-hybridized carbons (Fsp3) is 0.250. The molecule has 0 atom stereocenters. The third-order valence-electron chi connectivity index (χ3n) is 1.02. The molecule has 1 aromatic heterocycles. The summed E-state index contributed by atoms with van der Waals surface area (Å²) in [7, 11) is 0. The Morgan fingerprint density at radius 1 is 1.27 bits per heavy atom. The van der Waals surface area contributed by atoms with E-state index >= 15 is 0 Å². The summed E-state index contributed by atoms with van der Waals surface area (Å²) in [6, 6.07) is 0. The topological polar surface area (TPSA) is 80.7 Å². The first-order valence-electron chi connectivity index (χ1n) is 2.59. The number of alkyl halides is 3. The number of aromatic nitrogens is 2. The van der Waals surface area contributed by atoms with Crippen LogP contribution in [0.2, 0.25) is 0 Å². The summed E-state index contributed by atoms with van der Waals surface area (Å²) in [5.41, 5.74) is 8.67. The molecule has 1 rings (SSSR count). The highest BCUT2D eigenvalue weighted by Crippen LogP contribution is 2.31. The van der Waals surface area contributed by atoms with E-state index in [-0.39, 0.29) is 5.95 Å². The second-order valence-corrected chi connectivity index (χ2v) is 1.88. The largest absolute Gasteiger partial charge is 0.437 e. The standard InChI is InChI=1S/C4H5F3N4/c5-4(6,7)1-2(8)11-3(9)10-1/h8H2,(H3,9,10,11). The fourth-order valence-corrected chi connectivity index (χ4v) is 0.622. The van der Waals surface area contributed by atoms with Gasteiger partial charge in [0.1, 0.15) is 5.82 Å². The van der Waals surface area contributed by atoms with E-state index in [1.54, 1.807) is 0 Å². The normalized spacial score (nSPS) is 11.9. The van der Waals surface area contributed by atoms with Crippen LogP contribution in [0.25, 0.3) is 0 Å². The number of H-pyrrole nitrogens is 1. The minimum atomic E-state index is -4.54. The van der Waals surface area contributed by atoms with Gasteiger partial charge in [0.05, 0.1) is 0 Å². The molecule has 0 saturated heterocycles. The Hall–Kier alpha value is -1.40. The molecule has 62 valence electrons. The number of hydrogen-bond acceptors (Lipinski definition) is 3. The molecule has 0 spiro atoms. The average Bonchev–Trinajstić information content (AvgIpc) is 2.08. The minimum absolute atomic E-state index is 0.338. The molecule has 0 aliphatic heterocycles. The van der Waals surface area contributed by atoms with E-state index in [1.807, 2.05) is 4.98 Å². The van der Waals surface area contributed by atoms with Crippen LogP contribution < -0.4 is 11.5 Å². The molecule has 4 nitrogen and oxygen atoms in total. The number of nitrogens with zero attached hydrogens (tertiary/aromatic N) is 1. The van der Waals surface area contributed by atoms with Gasteiger partial charge < -0.3 is 16.5 Å². The highest BCUT2D eigenvalue weighted by atomic mass is 19.4. The van der Waals surface area contributed by atoms with Crippen molar-refractivity contribution in [3.8, 4) is 0 Å². The zero-order valence-corrected chi connectivity index (χ0v) is 5.24. The lowest BCUT2D eigenvalue weighted by Gasteiger charge is -2.01. The Balaban J connectivity index is 3.13. The van der Waals surface area contributed by atoms with Gasteiger partial charge in [-0.25, -0.2) is 4.98 Å². The Labute approximate surface area is 59.4 Å². The number of anilines is 2. The fourth-order valence-electron chi connectivity index (χ4n) is 0.622. The Morgan fingerprint density at radius 2 is 1.82 bits per heavy atom. The Kier molecular flexibility index (Phi) is 1.43. The van der Waals surface area contributed by atoms with Gasteiger partial charge in [0, 0.05) is 0 Å². The van der Waals surface area contributed by atoms with E-state index in [1.165, 1.54) is 0 Å². The lowest BCUT2D eigenvalue weighted by Crippen LogP contribution is -2.08. The second-order valence-electron chi connectivity index (χ2n) is 1.88. The molecular weight excluding hydrogens is 161 g/mol. The highest BCUT2D eigenvalue weighted by Gasteiger charge is 2.36. The second kappa shape index (κ2) is 2.04. The predicted octanol–water partition coefficient (Wildman–Crippen LogP) is 0.593. The number of hydrogen-bond donors (Lipinski definition) is 3. The van der Waals surface area contributed by atoms with Gasteiger partial charge >= 0.3 is 6.18 Å². The van der Waals surface area contributed by atoms with Crippen LogP contribution in [0.1, 0.15) is 5.69 Å². The molecule has 7 heteroatoms. The maximum atomic E-state index is 11.8. The zero-order valence-electron chi connectivity index (χ0n) is 5.24. The van der Waals surface area contributed by atoms with Crippen molar-refractivity contribution >= 4 is 11.8 Å². The van der Waals surface area contributed by atoms with Gasteiger partial charge in [0.25, 0.3) is 0 Å². The van der Waals surface area contributed by atoms with Crippen LogP contribution in [0, 0.1) is 0 Å². The summed E-state index contributed by atoms with van der Waals surface area (Å²) in [4.78, 5) is 4.99. The lowest BCUT2D eigenvalue weighted by atomic mass is 10.4. The number of imidazole rings is 1. The first kappa shape index (κ1) is 7.70. The van der Waals surface area contributed by atoms with Crippen molar-refractivity contribution in [1.82, 2.24) is 9.97 Å². The average molecular weight is 166 g/mol. The minimum Gasteiger partial charge on any atom is -0.383 e. The lowest BCUT2D eigenvalue weighted by molar-refractivity contribution is -0.140. The number of aromatic amines is 1. The summed E-state index contributed by atoms with van der Waals surface area (Å²) in [5, 5.41) is 0. The maximum absolute atomic E-state index is 11.8. The van der Waals surface area contributed by atoms with Gasteiger partial charge in [-0.15, -0.1) is 0 Å². The summed E-state index contributed by atoms with van der Waals surface area (Å²) < 4.78 is 35.5. The molecule has 5 N–H and O–H groups in total. The van der Waals surface area contributed by atoms with Gasteiger partial charge in [0.15, 0.2) is 11.6 Å². The molecule has 0 amide bonds. The molecule has 0 unspecified atom stereocenters. The summed E-state index contributed by atoms with van der Waals surface area (Å²) in [5.74, 6) is -0.898. The number of halogens is 3. The quantitative estimate of drug-likeness (QED) is 0.527. The number of nitrogens with one attached hydrogen (secondary N) is 1. The van der Waals surface area contributed by atoms with Gasteiger partial charge in [0.2, 0.25) is 0 Å². The van der Waals surface area contributed by atoms with Crippen molar-refractivity contribution in [2.45, 2.75) is 6.18 Å². The van der Waals surface area contributed by atoms with E-state index in [0.29, 0.717) is 0 Å². The SMILES string of the molecule is Nc1nc(C(F)(F)F)c(N)[nH]1. The number of rotatable bonds is 0. The van der Waals surface area contributed by atoms with Crippen molar-refractivity contribution in [3.05, 3.63) is 5.69 Å². The third-order valence-corrected chi connectivity index (χ3v) is 1.02. The molecule has 0 aromatic carbocycles. The van der Waals surface area contributed by atoms with Crippen molar-refractivity contribution in [2.24, 2.45) is 0 Å². The molecule has 0 aliphatic rings. The summed E-state index contributed by atoms with van der Waals surface area (Å²) in [6.45, 7) is 0. The molecule has 1 heterocycles. The van der Waals surface area contributed by atoms with Crippen molar-refractivity contribution in [2.75, 3.05) is 11.5 Å². The molecule has 0 bridgehead atoms. The predicted molar refractivity (Wildman–Crippen MR) is 32.4 cm³/mol. The monoisotopic (exact) mass is 166 g/mol. The molecule has 0 aliphatic carbocycles. The maximum Gasteiger partial charge on any atom is 0.437 e. The number of nitrogen functional groups attached to an aromatic ring is 2. The van der Waals surface area contributed by atoms with Crippen LogP contribution >= 0.6 is 0 Å². The molecule has 11 heavy (non-hydrogen) atoms.